The van der Waals surface area contributed by atoms with Crippen LogP contribution >= 0.6 is 0 Å². The first-order chi connectivity index (χ1) is 11.4. The number of carboxylic acid groups (broad SMARTS) is 1. The number of nitriles is 1. The standard InChI is InChI=1S/C19H18N2O3/c1-12-7-13(2)9-16(8-12)18(22)21-17(19(23)24)10-14-5-3-4-6-15(14)11-20/h3-9,17H,10H2,1-2H3,(H,21,22)(H,23,24)/t17-/m0/s1. The topological polar surface area (TPSA) is 90.2 Å². The highest BCUT2D eigenvalue weighted by atomic mass is 16.4. The van der Waals surface area contributed by atoms with Gasteiger partial charge in [-0.2, -0.15) is 5.26 Å². The lowest BCUT2D eigenvalue weighted by atomic mass is 10.0. The molecule has 2 rings (SSSR count). The van der Waals surface area contributed by atoms with Gasteiger partial charge in [0.05, 0.1) is 11.6 Å². The van der Waals surface area contributed by atoms with Crippen molar-refractivity contribution in [2.24, 2.45) is 0 Å². The molecule has 0 aliphatic carbocycles. The largest absolute Gasteiger partial charge is 0.480 e. The molecule has 2 aromatic rings. The lowest BCUT2D eigenvalue weighted by molar-refractivity contribution is -0.139. The van der Waals surface area contributed by atoms with E-state index >= 15 is 0 Å². The molecule has 0 aliphatic rings. The van der Waals surface area contributed by atoms with E-state index in [1.165, 1.54) is 0 Å². The second kappa shape index (κ2) is 7.42. The van der Waals surface area contributed by atoms with Crippen molar-refractivity contribution in [2.75, 3.05) is 0 Å². The number of hydrogen-bond donors (Lipinski definition) is 2. The molecule has 1 atom stereocenters. The fraction of sp³-hybridized carbons (Fsp3) is 0.211. The predicted octanol–water partition coefficient (Wildman–Crippen LogP) is 2.60. The van der Waals surface area contributed by atoms with Gasteiger partial charge in [-0.25, -0.2) is 4.79 Å². The Morgan fingerprint density at radius 2 is 1.79 bits per heavy atom. The molecular weight excluding hydrogens is 304 g/mol. The molecule has 5 nitrogen and oxygen atoms in total. The smallest absolute Gasteiger partial charge is 0.326 e. The molecule has 2 aromatic carbocycles. The number of nitrogens with zero attached hydrogens (tertiary/aromatic N) is 1. The van der Waals surface area contributed by atoms with Crippen LogP contribution in [0.5, 0.6) is 0 Å². The Hall–Kier alpha value is -3.13. The number of carboxylic acids is 1. The molecule has 0 spiro atoms. The predicted molar refractivity (Wildman–Crippen MR) is 89.7 cm³/mol. The van der Waals surface area contributed by atoms with E-state index in [1.54, 1.807) is 36.4 Å². The summed E-state index contributed by atoms with van der Waals surface area (Å²) in [7, 11) is 0. The van der Waals surface area contributed by atoms with E-state index in [9.17, 15) is 14.7 Å². The maximum Gasteiger partial charge on any atom is 0.326 e. The van der Waals surface area contributed by atoms with Crippen molar-refractivity contribution in [3.63, 3.8) is 0 Å². The van der Waals surface area contributed by atoms with E-state index in [2.05, 4.69) is 5.32 Å². The summed E-state index contributed by atoms with van der Waals surface area (Å²) in [6, 6.07) is 13.1. The number of carbonyl (C=O) groups excluding carboxylic acids is 1. The van der Waals surface area contributed by atoms with Crippen LogP contribution in [0.2, 0.25) is 0 Å². The zero-order valence-corrected chi connectivity index (χ0v) is 13.5. The van der Waals surface area contributed by atoms with Gasteiger partial charge in [-0.05, 0) is 37.6 Å². The van der Waals surface area contributed by atoms with Crippen LogP contribution in [0.15, 0.2) is 42.5 Å². The first-order valence-corrected chi connectivity index (χ1v) is 7.50. The maximum atomic E-state index is 12.4. The molecule has 5 heteroatoms. The quantitative estimate of drug-likeness (QED) is 0.885. The highest BCUT2D eigenvalue weighted by molar-refractivity contribution is 5.97. The van der Waals surface area contributed by atoms with Crippen LogP contribution in [-0.4, -0.2) is 23.0 Å². The lowest BCUT2D eigenvalue weighted by Gasteiger charge is -2.16. The van der Waals surface area contributed by atoms with Crippen molar-refractivity contribution in [1.82, 2.24) is 5.32 Å². The van der Waals surface area contributed by atoms with Gasteiger partial charge in [-0.3, -0.25) is 4.79 Å². The van der Waals surface area contributed by atoms with Gasteiger partial charge in [-0.1, -0.05) is 35.4 Å². The summed E-state index contributed by atoms with van der Waals surface area (Å²) in [6.45, 7) is 3.75. The van der Waals surface area contributed by atoms with Gasteiger partial charge in [0.25, 0.3) is 5.91 Å². The Morgan fingerprint density at radius 1 is 1.17 bits per heavy atom. The minimum absolute atomic E-state index is 0.0512. The van der Waals surface area contributed by atoms with Gasteiger partial charge in [0.2, 0.25) is 0 Å². The molecular formula is C19H18N2O3. The van der Waals surface area contributed by atoms with Crippen LogP contribution in [0.1, 0.15) is 32.6 Å². The Morgan fingerprint density at radius 3 is 2.38 bits per heavy atom. The Balaban J connectivity index is 2.21. The average molecular weight is 322 g/mol. The second-order valence-electron chi connectivity index (χ2n) is 5.71. The molecule has 2 N–H and O–H groups in total. The monoisotopic (exact) mass is 322 g/mol. The summed E-state index contributed by atoms with van der Waals surface area (Å²) in [6.07, 6.45) is 0.0512. The molecule has 24 heavy (non-hydrogen) atoms. The lowest BCUT2D eigenvalue weighted by Crippen LogP contribution is -2.42. The minimum Gasteiger partial charge on any atom is -0.480 e. The fourth-order valence-electron chi connectivity index (χ4n) is 2.57. The van der Waals surface area contributed by atoms with E-state index in [0.29, 0.717) is 16.7 Å². The molecule has 0 saturated heterocycles. The minimum atomic E-state index is -1.14. The molecule has 1 amide bonds. The first-order valence-electron chi connectivity index (χ1n) is 7.50. The van der Waals surface area contributed by atoms with Crippen molar-refractivity contribution in [2.45, 2.75) is 26.3 Å². The summed E-state index contributed by atoms with van der Waals surface area (Å²) in [5.74, 6) is -1.58. The summed E-state index contributed by atoms with van der Waals surface area (Å²) >= 11 is 0. The van der Waals surface area contributed by atoms with Gasteiger partial charge < -0.3 is 10.4 Å². The third-order valence-corrected chi connectivity index (χ3v) is 3.65. The van der Waals surface area contributed by atoms with Crippen LogP contribution in [0.4, 0.5) is 0 Å². The molecule has 0 fully saturated rings. The van der Waals surface area contributed by atoms with Gasteiger partial charge in [0, 0.05) is 12.0 Å². The van der Waals surface area contributed by atoms with Crippen molar-refractivity contribution in [3.8, 4) is 6.07 Å². The number of benzene rings is 2. The number of aryl methyl sites for hydroxylation is 2. The Kier molecular flexibility index (Phi) is 5.33. The molecule has 0 radical (unpaired) electrons. The van der Waals surface area contributed by atoms with Gasteiger partial charge in [0.1, 0.15) is 6.04 Å². The zero-order valence-electron chi connectivity index (χ0n) is 13.5. The summed E-state index contributed by atoms with van der Waals surface area (Å²) in [5.41, 5.74) is 3.29. The molecule has 0 unspecified atom stereocenters. The van der Waals surface area contributed by atoms with Crippen molar-refractivity contribution < 1.29 is 14.7 Å². The third kappa shape index (κ3) is 4.20. The molecule has 0 aromatic heterocycles. The van der Waals surface area contributed by atoms with Crippen molar-refractivity contribution in [3.05, 3.63) is 70.3 Å². The highest BCUT2D eigenvalue weighted by Crippen LogP contribution is 2.12. The molecule has 122 valence electrons. The number of nitrogens with one attached hydrogen (secondary N) is 1. The number of rotatable bonds is 5. The second-order valence-corrected chi connectivity index (χ2v) is 5.71. The Bertz CT molecular complexity index is 801. The molecule has 0 saturated carbocycles. The van der Waals surface area contributed by atoms with Crippen LogP contribution < -0.4 is 5.32 Å². The summed E-state index contributed by atoms with van der Waals surface area (Å²) < 4.78 is 0. The van der Waals surface area contributed by atoms with Crippen LogP contribution in [0, 0.1) is 25.2 Å². The van der Waals surface area contributed by atoms with Crippen LogP contribution in [0.3, 0.4) is 0 Å². The summed E-state index contributed by atoms with van der Waals surface area (Å²) in [4.78, 5) is 23.9. The van der Waals surface area contributed by atoms with Crippen LogP contribution in [0.25, 0.3) is 0 Å². The number of amides is 1. The number of hydrogen-bond acceptors (Lipinski definition) is 3. The van der Waals surface area contributed by atoms with Gasteiger partial charge in [-0.15, -0.1) is 0 Å². The number of aliphatic carboxylic acids is 1. The van der Waals surface area contributed by atoms with Crippen molar-refractivity contribution in [1.29, 1.82) is 5.26 Å². The SMILES string of the molecule is Cc1cc(C)cc(C(=O)N[C@@H](Cc2ccccc2C#N)C(=O)O)c1. The van der Waals surface area contributed by atoms with Crippen LogP contribution in [-0.2, 0) is 11.2 Å². The normalized spacial score (nSPS) is 11.4. The highest BCUT2D eigenvalue weighted by Gasteiger charge is 2.22. The van der Waals surface area contributed by atoms with E-state index in [1.807, 2.05) is 26.0 Å². The van der Waals surface area contributed by atoms with E-state index < -0.39 is 17.9 Å². The number of carbonyl (C=O) groups is 2. The Labute approximate surface area is 140 Å². The fourth-order valence-corrected chi connectivity index (χ4v) is 2.57. The zero-order chi connectivity index (χ0) is 17.7. The van der Waals surface area contributed by atoms with Gasteiger partial charge in [0.15, 0.2) is 0 Å². The first kappa shape index (κ1) is 17.2. The summed E-state index contributed by atoms with van der Waals surface area (Å²) in [5, 5.41) is 21.1. The maximum absolute atomic E-state index is 12.4. The molecule has 0 bridgehead atoms. The molecule has 0 aliphatic heterocycles. The molecule has 0 heterocycles. The van der Waals surface area contributed by atoms with Crippen molar-refractivity contribution >= 4 is 11.9 Å². The average Bonchev–Trinajstić information content (AvgIpc) is 2.53. The third-order valence-electron chi connectivity index (χ3n) is 3.65. The van der Waals surface area contributed by atoms with E-state index in [0.717, 1.165) is 11.1 Å². The van der Waals surface area contributed by atoms with E-state index in [4.69, 9.17) is 5.26 Å². The van der Waals surface area contributed by atoms with Gasteiger partial charge >= 0.3 is 5.97 Å². The van der Waals surface area contributed by atoms with E-state index in [-0.39, 0.29) is 6.42 Å².